The number of hydrogen-bond donors (Lipinski definition) is 2. The Morgan fingerprint density at radius 2 is 2.00 bits per heavy atom. The van der Waals surface area contributed by atoms with Crippen molar-refractivity contribution >= 4 is 11.7 Å². The van der Waals surface area contributed by atoms with E-state index >= 15 is 0 Å². The van der Waals surface area contributed by atoms with Crippen molar-refractivity contribution in [3.05, 3.63) is 23.3 Å². The molecule has 0 radical (unpaired) electrons. The molecule has 4 atom stereocenters. The fraction of sp³-hybridized carbons (Fsp3) is 0.700. The van der Waals surface area contributed by atoms with Crippen molar-refractivity contribution in [1.29, 1.82) is 0 Å². The van der Waals surface area contributed by atoms with Gasteiger partial charge in [0.25, 0.3) is 0 Å². The molecular formula is C20H31NO3. The molecule has 0 heterocycles. The standard InChI is InChI=1S/C20H31NO3/c1-11(2)18(10-22)21-20(24)13(4)15-7-6-12(3)16-9-19(23)14(5)17(16)8-15/h11-12,15-16,18,22H,4,6-10H2,1-3,5H3,(H,21,24)/t12?,15-,16?,18?/m0/s1. The van der Waals surface area contributed by atoms with Gasteiger partial charge in [-0.1, -0.05) is 32.9 Å². The lowest BCUT2D eigenvalue weighted by molar-refractivity contribution is -0.119. The van der Waals surface area contributed by atoms with Crippen LogP contribution in [0.15, 0.2) is 23.3 Å². The zero-order chi connectivity index (χ0) is 18.0. The Kier molecular flexibility index (Phi) is 6.02. The van der Waals surface area contributed by atoms with Crippen LogP contribution in [0.1, 0.15) is 53.4 Å². The van der Waals surface area contributed by atoms with Crippen molar-refractivity contribution in [2.75, 3.05) is 6.61 Å². The Balaban J connectivity index is 2.12. The zero-order valence-electron chi connectivity index (χ0n) is 15.4. The molecule has 1 saturated carbocycles. The molecule has 2 rings (SSSR count). The van der Waals surface area contributed by atoms with Crippen molar-refractivity contribution in [2.45, 2.75) is 59.4 Å². The van der Waals surface area contributed by atoms with Gasteiger partial charge in [-0.05, 0) is 55.4 Å². The molecule has 0 bridgehead atoms. The number of nitrogens with one attached hydrogen (secondary N) is 1. The minimum absolute atomic E-state index is 0.0702. The van der Waals surface area contributed by atoms with Gasteiger partial charge in [0.2, 0.25) is 5.91 Å². The molecule has 4 heteroatoms. The second-order valence-electron chi connectivity index (χ2n) is 7.87. The second kappa shape index (κ2) is 7.64. The first-order chi connectivity index (χ1) is 11.3. The van der Waals surface area contributed by atoms with Gasteiger partial charge in [-0.25, -0.2) is 0 Å². The lowest BCUT2D eigenvalue weighted by Gasteiger charge is -2.23. The number of allylic oxidation sites excluding steroid dienone is 2. The van der Waals surface area contributed by atoms with Crippen LogP contribution in [0.4, 0.5) is 0 Å². The molecular weight excluding hydrogens is 302 g/mol. The summed E-state index contributed by atoms with van der Waals surface area (Å²) in [7, 11) is 0. The number of aliphatic hydroxyl groups excluding tert-OH is 1. The predicted molar refractivity (Wildman–Crippen MR) is 95.3 cm³/mol. The number of carbonyl (C=O) groups is 2. The van der Waals surface area contributed by atoms with Gasteiger partial charge in [0.05, 0.1) is 12.6 Å². The number of rotatable bonds is 5. The smallest absolute Gasteiger partial charge is 0.247 e. The van der Waals surface area contributed by atoms with Crippen LogP contribution in [0.3, 0.4) is 0 Å². The molecule has 3 unspecified atom stereocenters. The van der Waals surface area contributed by atoms with Crippen LogP contribution in [-0.4, -0.2) is 29.4 Å². The summed E-state index contributed by atoms with van der Waals surface area (Å²) >= 11 is 0. The molecule has 0 saturated heterocycles. The first-order valence-electron chi connectivity index (χ1n) is 9.09. The third-order valence-electron chi connectivity index (χ3n) is 5.98. The lowest BCUT2D eigenvalue weighted by Crippen LogP contribution is -2.42. The summed E-state index contributed by atoms with van der Waals surface area (Å²) in [5.74, 6) is 1.17. The molecule has 1 amide bonds. The highest BCUT2D eigenvalue weighted by Gasteiger charge is 2.38. The van der Waals surface area contributed by atoms with Crippen molar-refractivity contribution in [2.24, 2.45) is 23.7 Å². The van der Waals surface area contributed by atoms with Crippen LogP contribution < -0.4 is 5.32 Å². The highest BCUT2D eigenvalue weighted by molar-refractivity contribution is 5.99. The van der Waals surface area contributed by atoms with E-state index < -0.39 is 0 Å². The van der Waals surface area contributed by atoms with E-state index in [4.69, 9.17) is 0 Å². The second-order valence-corrected chi connectivity index (χ2v) is 7.87. The Hall–Kier alpha value is -1.42. The maximum Gasteiger partial charge on any atom is 0.247 e. The molecule has 1 fully saturated rings. The summed E-state index contributed by atoms with van der Waals surface area (Å²) in [6.07, 6.45) is 3.34. The highest BCUT2D eigenvalue weighted by Crippen LogP contribution is 2.45. The molecule has 134 valence electrons. The Morgan fingerprint density at radius 3 is 2.58 bits per heavy atom. The van der Waals surface area contributed by atoms with E-state index in [0.29, 0.717) is 23.8 Å². The molecule has 2 N–H and O–H groups in total. The van der Waals surface area contributed by atoms with Gasteiger partial charge >= 0.3 is 0 Å². The molecule has 0 spiro atoms. The molecule has 24 heavy (non-hydrogen) atoms. The summed E-state index contributed by atoms with van der Waals surface area (Å²) < 4.78 is 0. The van der Waals surface area contributed by atoms with Crippen LogP contribution in [0.2, 0.25) is 0 Å². The zero-order valence-corrected chi connectivity index (χ0v) is 15.4. The van der Waals surface area contributed by atoms with Gasteiger partial charge in [-0.3, -0.25) is 9.59 Å². The molecule has 4 nitrogen and oxygen atoms in total. The van der Waals surface area contributed by atoms with Crippen LogP contribution in [0, 0.1) is 23.7 Å². The number of ketones is 1. The summed E-state index contributed by atoms with van der Waals surface area (Å²) in [4.78, 5) is 24.6. The lowest BCUT2D eigenvalue weighted by atomic mass is 9.86. The third kappa shape index (κ3) is 3.80. The minimum Gasteiger partial charge on any atom is -0.394 e. The van der Waals surface area contributed by atoms with Crippen LogP contribution in [-0.2, 0) is 9.59 Å². The van der Waals surface area contributed by atoms with Crippen molar-refractivity contribution in [1.82, 2.24) is 5.32 Å². The molecule has 2 aliphatic rings. The average Bonchev–Trinajstić information content (AvgIpc) is 2.72. The molecule has 2 aliphatic carbocycles. The van der Waals surface area contributed by atoms with Crippen LogP contribution >= 0.6 is 0 Å². The van der Waals surface area contributed by atoms with E-state index in [-0.39, 0.29) is 36.2 Å². The SMILES string of the molecule is C=C(C(=O)NC(CO)C(C)C)[C@H]1CCC(C)C2CC(=O)C(C)=C2C1. The van der Waals surface area contributed by atoms with Gasteiger partial charge in [0.1, 0.15) is 0 Å². The van der Waals surface area contributed by atoms with E-state index in [1.165, 1.54) is 5.57 Å². The number of amides is 1. The van der Waals surface area contributed by atoms with Gasteiger partial charge in [-0.15, -0.1) is 0 Å². The third-order valence-corrected chi connectivity index (χ3v) is 5.98. The van der Waals surface area contributed by atoms with E-state index in [9.17, 15) is 14.7 Å². The molecule has 0 aliphatic heterocycles. The number of Topliss-reactive ketones (excluding diaryl/α,β-unsaturated/α-hetero) is 1. The van der Waals surface area contributed by atoms with Crippen LogP contribution in [0.5, 0.6) is 0 Å². The largest absolute Gasteiger partial charge is 0.394 e. The summed E-state index contributed by atoms with van der Waals surface area (Å²) in [5, 5.41) is 12.3. The molecule has 0 aromatic heterocycles. The molecule has 0 aromatic rings. The molecule has 0 aromatic carbocycles. The quantitative estimate of drug-likeness (QED) is 0.760. The normalized spacial score (nSPS) is 28.6. The van der Waals surface area contributed by atoms with E-state index in [1.54, 1.807) is 0 Å². The monoisotopic (exact) mass is 333 g/mol. The minimum atomic E-state index is -0.249. The van der Waals surface area contributed by atoms with Crippen LogP contribution in [0.25, 0.3) is 0 Å². The van der Waals surface area contributed by atoms with Gasteiger partial charge < -0.3 is 10.4 Å². The van der Waals surface area contributed by atoms with Gasteiger partial charge in [0.15, 0.2) is 5.78 Å². The number of aliphatic hydroxyl groups is 1. The first kappa shape index (κ1) is 18.9. The van der Waals surface area contributed by atoms with Gasteiger partial charge in [0, 0.05) is 12.0 Å². The van der Waals surface area contributed by atoms with E-state index in [1.807, 2.05) is 20.8 Å². The van der Waals surface area contributed by atoms with E-state index in [0.717, 1.165) is 24.8 Å². The van der Waals surface area contributed by atoms with E-state index in [2.05, 4.69) is 18.8 Å². The number of hydrogen-bond acceptors (Lipinski definition) is 3. The Labute approximate surface area is 145 Å². The topological polar surface area (TPSA) is 66.4 Å². The summed E-state index contributed by atoms with van der Waals surface area (Å²) in [6.45, 7) is 12.1. The van der Waals surface area contributed by atoms with Crippen molar-refractivity contribution in [3.8, 4) is 0 Å². The summed E-state index contributed by atoms with van der Waals surface area (Å²) in [5.41, 5.74) is 2.73. The fourth-order valence-electron chi connectivity index (χ4n) is 3.98. The Bertz CT molecular complexity index is 561. The van der Waals surface area contributed by atoms with Crippen molar-refractivity contribution < 1.29 is 14.7 Å². The predicted octanol–water partition coefficient (Wildman–Crippen LogP) is 3.02. The number of carbonyl (C=O) groups excluding carboxylic acids is 2. The maximum atomic E-state index is 12.5. The fourth-order valence-corrected chi connectivity index (χ4v) is 3.98. The number of fused-ring (bicyclic) bond motifs is 1. The average molecular weight is 333 g/mol. The van der Waals surface area contributed by atoms with Crippen molar-refractivity contribution in [3.63, 3.8) is 0 Å². The van der Waals surface area contributed by atoms with Gasteiger partial charge in [-0.2, -0.15) is 0 Å². The first-order valence-corrected chi connectivity index (χ1v) is 9.09. The summed E-state index contributed by atoms with van der Waals surface area (Å²) in [6, 6.07) is -0.249. The highest BCUT2D eigenvalue weighted by atomic mass is 16.3. The maximum absolute atomic E-state index is 12.5. The Morgan fingerprint density at radius 1 is 1.33 bits per heavy atom.